The molecule has 3 aromatic carbocycles. The van der Waals surface area contributed by atoms with E-state index in [-0.39, 0.29) is 25.3 Å². The number of nitrogens with one attached hydrogen (secondary N) is 3. The molecule has 1 heterocycles. The summed E-state index contributed by atoms with van der Waals surface area (Å²) in [6.45, 7) is 5.27. The van der Waals surface area contributed by atoms with Gasteiger partial charge in [-0.25, -0.2) is 14.8 Å². The van der Waals surface area contributed by atoms with E-state index in [1.165, 1.54) is 12.1 Å². The lowest BCUT2D eigenvalue weighted by atomic mass is 9.86. The first kappa shape index (κ1) is 33.6. The van der Waals surface area contributed by atoms with E-state index >= 15 is 0 Å². The van der Waals surface area contributed by atoms with Gasteiger partial charge in [0.2, 0.25) is 0 Å². The highest BCUT2D eigenvalue weighted by Crippen LogP contribution is 2.23. The van der Waals surface area contributed by atoms with Crippen LogP contribution in [0.5, 0.6) is 0 Å². The van der Waals surface area contributed by atoms with E-state index in [2.05, 4.69) is 37.0 Å². The Balaban J connectivity index is 1.68. The number of methoxy groups -OCH3 is 1. The van der Waals surface area contributed by atoms with Crippen molar-refractivity contribution in [2.45, 2.75) is 45.4 Å². The third-order valence-corrected chi connectivity index (χ3v) is 7.71. The van der Waals surface area contributed by atoms with Gasteiger partial charge in [0, 0.05) is 22.8 Å². The first-order chi connectivity index (χ1) is 21.4. The number of hydrogen-bond donors (Lipinski definition) is 4. The molecular formula is C34H38BrN5O5. The summed E-state index contributed by atoms with van der Waals surface area (Å²) in [4.78, 5) is 44.3. The Morgan fingerprint density at radius 3 is 2.24 bits per heavy atom. The van der Waals surface area contributed by atoms with Crippen LogP contribution in [-0.4, -0.2) is 58.3 Å². The number of carbonyl (C=O) groups is 3. The average molecular weight is 677 g/mol. The summed E-state index contributed by atoms with van der Waals surface area (Å²) in [5, 5.41) is 19.9. The Bertz CT molecular complexity index is 1630. The molecule has 45 heavy (non-hydrogen) atoms. The van der Waals surface area contributed by atoms with E-state index in [1.54, 1.807) is 6.07 Å². The van der Waals surface area contributed by atoms with Gasteiger partial charge in [0.05, 0.1) is 19.2 Å². The summed E-state index contributed by atoms with van der Waals surface area (Å²) in [6.07, 6.45) is -0.810. The Labute approximate surface area is 271 Å². The van der Waals surface area contributed by atoms with Crippen molar-refractivity contribution < 1.29 is 24.2 Å². The highest BCUT2D eigenvalue weighted by molar-refractivity contribution is 9.10. The number of anilines is 1. The number of alkyl carbamates (subject to hydrolysis) is 1. The van der Waals surface area contributed by atoms with Crippen molar-refractivity contribution in [3.8, 4) is 0 Å². The largest absolute Gasteiger partial charge is 0.453 e. The van der Waals surface area contributed by atoms with Crippen LogP contribution in [0.15, 0.2) is 95.5 Å². The molecule has 0 saturated heterocycles. The first-order valence-electron chi connectivity index (χ1n) is 14.4. The second-order valence-corrected chi connectivity index (χ2v) is 12.8. The van der Waals surface area contributed by atoms with Crippen LogP contribution in [0.25, 0.3) is 10.9 Å². The topological polar surface area (TPSA) is 133 Å². The smallest absolute Gasteiger partial charge is 0.407 e. The molecule has 10 nitrogen and oxygen atoms in total. The van der Waals surface area contributed by atoms with Gasteiger partial charge in [0.25, 0.3) is 11.8 Å². The summed E-state index contributed by atoms with van der Waals surface area (Å²) in [5.74, 6) is -0.948. The number of pyridine rings is 1. The number of carbonyl (C=O) groups excluding carboxylic acids is 3. The molecule has 0 aliphatic heterocycles. The minimum atomic E-state index is -2.02. The van der Waals surface area contributed by atoms with Crippen molar-refractivity contribution >= 4 is 50.6 Å². The Kier molecular flexibility index (Phi) is 10.9. The molecule has 236 valence electrons. The van der Waals surface area contributed by atoms with Gasteiger partial charge in [-0.3, -0.25) is 15.0 Å². The molecule has 0 bridgehead atoms. The zero-order valence-corrected chi connectivity index (χ0v) is 27.3. The number of hydrogen-bond acceptors (Lipinski definition) is 7. The van der Waals surface area contributed by atoms with Crippen LogP contribution in [0.3, 0.4) is 0 Å². The third-order valence-electron chi connectivity index (χ3n) is 7.19. The SMILES string of the molecule is COC(=O)N[C@H](C(=O)NN(Cc1ccc(Br)cc1)C[C@@](O)(Cc1ccccc1)C(=O)Nc1ccc2ccccc2n1)C(C)(C)C. The van der Waals surface area contributed by atoms with E-state index < -0.39 is 35.0 Å². The summed E-state index contributed by atoms with van der Waals surface area (Å²) >= 11 is 3.44. The molecule has 0 saturated carbocycles. The van der Waals surface area contributed by atoms with Crippen molar-refractivity contribution in [3.05, 3.63) is 107 Å². The maximum atomic E-state index is 14.0. The van der Waals surface area contributed by atoms with Crippen LogP contribution in [0.4, 0.5) is 10.6 Å². The average Bonchev–Trinajstić information content (AvgIpc) is 3.00. The Morgan fingerprint density at radius 1 is 0.911 bits per heavy atom. The van der Waals surface area contributed by atoms with Gasteiger partial charge in [-0.05, 0) is 46.9 Å². The van der Waals surface area contributed by atoms with Crippen LogP contribution in [0, 0.1) is 5.41 Å². The lowest BCUT2D eigenvalue weighted by Gasteiger charge is -2.36. The molecule has 0 unspecified atom stereocenters. The van der Waals surface area contributed by atoms with Gasteiger partial charge in [-0.2, -0.15) is 0 Å². The van der Waals surface area contributed by atoms with E-state index in [4.69, 9.17) is 4.74 Å². The molecule has 4 N–H and O–H groups in total. The zero-order valence-electron chi connectivity index (χ0n) is 25.7. The second kappa shape index (κ2) is 14.6. The van der Waals surface area contributed by atoms with Crippen LogP contribution >= 0.6 is 15.9 Å². The van der Waals surface area contributed by atoms with E-state index in [0.717, 1.165) is 21.0 Å². The molecule has 4 rings (SSSR count). The number of benzene rings is 3. The fourth-order valence-corrected chi connectivity index (χ4v) is 5.11. The number of nitrogens with zero attached hydrogens (tertiary/aromatic N) is 2. The van der Waals surface area contributed by atoms with Gasteiger partial charge in [-0.15, -0.1) is 0 Å². The maximum Gasteiger partial charge on any atom is 0.407 e. The van der Waals surface area contributed by atoms with Crippen LogP contribution in [-0.2, 0) is 27.3 Å². The molecule has 0 aliphatic rings. The number of ether oxygens (including phenoxy) is 1. The van der Waals surface area contributed by atoms with Crippen molar-refractivity contribution in [2.75, 3.05) is 19.0 Å². The predicted octanol–water partition coefficient (Wildman–Crippen LogP) is 5.21. The number of aliphatic hydroxyl groups is 1. The molecule has 3 amide bonds. The number of halogens is 1. The van der Waals surface area contributed by atoms with Gasteiger partial charge < -0.3 is 20.5 Å². The van der Waals surface area contributed by atoms with Crippen molar-refractivity contribution in [1.82, 2.24) is 20.7 Å². The monoisotopic (exact) mass is 675 g/mol. The van der Waals surface area contributed by atoms with E-state index in [0.29, 0.717) is 5.52 Å². The van der Waals surface area contributed by atoms with Gasteiger partial charge >= 0.3 is 6.09 Å². The Hall–Kier alpha value is -4.32. The van der Waals surface area contributed by atoms with Gasteiger partial charge in [0.1, 0.15) is 11.9 Å². The summed E-state index contributed by atoms with van der Waals surface area (Å²) in [6, 6.07) is 26.6. The summed E-state index contributed by atoms with van der Waals surface area (Å²) in [5.41, 5.74) is 2.36. The second-order valence-electron chi connectivity index (χ2n) is 11.9. The normalized spacial score (nSPS) is 13.5. The lowest BCUT2D eigenvalue weighted by Crippen LogP contribution is -2.61. The molecule has 1 aromatic heterocycles. The minimum absolute atomic E-state index is 0.0525. The zero-order chi connectivity index (χ0) is 32.6. The third kappa shape index (κ3) is 9.34. The molecule has 0 radical (unpaired) electrons. The van der Waals surface area contributed by atoms with Crippen molar-refractivity contribution in [3.63, 3.8) is 0 Å². The number of aromatic nitrogens is 1. The molecule has 4 aromatic rings. The number of fused-ring (bicyclic) bond motifs is 1. The standard InChI is InChI=1S/C34H38BrN5O5/c1-33(2,3)29(38-32(43)45-4)30(41)39-40(21-24-14-17-26(35)18-15-24)22-34(44,20-23-10-6-5-7-11-23)31(42)37-28-19-16-25-12-8-9-13-27(25)36-28/h5-19,29,44H,20-22H2,1-4H3,(H,38,43)(H,39,41)(H,36,37,42)/t29-,34+/m1/s1. The van der Waals surface area contributed by atoms with Gasteiger partial charge in [-0.1, -0.05) is 97.4 Å². The van der Waals surface area contributed by atoms with Crippen molar-refractivity contribution in [1.29, 1.82) is 0 Å². The van der Waals surface area contributed by atoms with E-state index in [1.807, 2.05) is 106 Å². The molecular weight excluding hydrogens is 638 g/mol. The molecule has 0 spiro atoms. The summed E-state index contributed by atoms with van der Waals surface area (Å²) < 4.78 is 5.63. The molecule has 2 atom stereocenters. The summed E-state index contributed by atoms with van der Waals surface area (Å²) in [7, 11) is 1.22. The van der Waals surface area contributed by atoms with Crippen LogP contribution in [0.2, 0.25) is 0 Å². The minimum Gasteiger partial charge on any atom is -0.453 e. The fourth-order valence-electron chi connectivity index (χ4n) is 4.84. The van der Waals surface area contributed by atoms with E-state index in [9.17, 15) is 19.5 Å². The van der Waals surface area contributed by atoms with Crippen LogP contribution < -0.4 is 16.1 Å². The highest BCUT2D eigenvalue weighted by Gasteiger charge is 2.40. The first-order valence-corrected chi connectivity index (χ1v) is 15.2. The molecule has 0 fully saturated rings. The Morgan fingerprint density at radius 2 is 1.58 bits per heavy atom. The lowest BCUT2D eigenvalue weighted by molar-refractivity contribution is -0.142. The maximum absolute atomic E-state index is 14.0. The van der Waals surface area contributed by atoms with Gasteiger partial charge in [0.15, 0.2) is 5.60 Å². The number of para-hydroxylation sites is 1. The highest BCUT2D eigenvalue weighted by atomic mass is 79.9. The fraction of sp³-hybridized carbons (Fsp3) is 0.294. The molecule has 0 aliphatic carbocycles. The quantitative estimate of drug-likeness (QED) is 0.160. The van der Waals surface area contributed by atoms with Crippen molar-refractivity contribution in [2.24, 2.45) is 5.41 Å². The number of amides is 3. The number of rotatable bonds is 11. The molecule has 11 heteroatoms. The predicted molar refractivity (Wildman–Crippen MR) is 177 cm³/mol. The van der Waals surface area contributed by atoms with Crippen LogP contribution in [0.1, 0.15) is 31.9 Å². The number of hydrazine groups is 1.